The van der Waals surface area contributed by atoms with E-state index in [-0.39, 0.29) is 16.6 Å². The number of carbonyl (C=O) groups excluding carboxylic acids is 1. The lowest BCUT2D eigenvalue weighted by Crippen LogP contribution is -2.16. The fourth-order valence-corrected chi connectivity index (χ4v) is 3.84. The largest absolute Gasteiger partial charge is 0.506 e. The molecule has 0 amide bonds. The Balaban J connectivity index is 2.04. The molecular weight excluding hydrogens is 362 g/mol. The van der Waals surface area contributed by atoms with E-state index in [9.17, 15) is 9.90 Å². The van der Waals surface area contributed by atoms with Gasteiger partial charge in [-0.3, -0.25) is 9.79 Å². The summed E-state index contributed by atoms with van der Waals surface area (Å²) in [7, 11) is 0. The number of allylic oxidation sites excluding steroid dienone is 5. The van der Waals surface area contributed by atoms with E-state index in [0.717, 1.165) is 15.2 Å². The molecule has 1 N–H and O–H groups in total. The summed E-state index contributed by atoms with van der Waals surface area (Å²) in [6, 6.07) is 3.53. The molecule has 3 nitrogen and oxygen atoms in total. The van der Waals surface area contributed by atoms with Crippen LogP contribution in [0, 0.1) is 0 Å². The molecule has 0 radical (unpaired) electrons. The van der Waals surface area contributed by atoms with E-state index < -0.39 is 0 Å². The van der Waals surface area contributed by atoms with Crippen LogP contribution in [0.2, 0.25) is 0 Å². The van der Waals surface area contributed by atoms with Crippen molar-refractivity contribution in [1.82, 2.24) is 0 Å². The Morgan fingerprint density at radius 3 is 2.90 bits per heavy atom. The number of aliphatic imine (C=N–C) groups is 1. The maximum absolute atomic E-state index is 12.5. The fraction of sp³-hybridized carbons (Fsp3) is 0.143. The SMILES string of the molecule is CC1=CC2=C(Cl)C(O)=C(C(=O)c3ccc(Br)s3)CC2=N1. The molecule has 0 saturated heterocycles. The average molecular weight is 371 g/mol. The van der Waals surface area contributed by atoms with Crippen LogP contribution in [0.4, 0.5) is 0 Å². The summed E-state index contributed by atoms with van der Waals surface area (Å²) in [6.07, 6.45) is 2.12. The number of hydrogen-bond donors (Lipinski definition) is 1. The summed E-state index contributed by atoms with van der Waals surface area (Å²) in [4.78, 5) is 17.4. The topological polar surface area (TPSA) is 49.7 Å². The number of carbonyl (C=O) groups is 1. The van der Waals surface area contributed by atoms with Gasteiger partial charge in [-0.15, -0.1) is 11.3 Å². The second-order valence-electron chi connectivity index (χ2n) is 4.51. The summed E-state index contributed by atoms with van der Waals surface area (Å²) < 4.78 is 0.870. The summed E-state index contributed by atoms with van der Waals surface area (Å²) >= 11 is 10.8. The van der Waals surface area contributed by atoms with Crippen molar-refractivity contribution in [3.63, 3.8) is 0 Å². The molecule has 0 bridgehead atoms. The van der Waals surface area contributed by atoms with Gasteiger partial charge in [-0.25, -0.2) is 0 Å². The Kier molecular flexibility index (Phi) is 3.44. The summed E-state index contributed by atoms with van der Waals surface area (Å²) in [6.45, 7) is 1.86. The fourth-order valence-electron chi connectivity index (χ4n) is 2.21. The normalized spacial score (nSPS) is 18.1. The van der Waals surface area contributed by atoms with E-state index >= 15 is 0 Å². The van der Waals surface area contributed by atoms with E-state index in [1.807, 2.05) is 13.0 Å². The molecular formula is C14H9BrClNO2S. The number of Topliss-reactive ketones (excluding diaryl/α,β-unsaturated/α-hetero) is 1. The van der Waals surface area contributed by atoms with Gasteiger partial charge in [0.05, 0.1) is 25.0 Å². The molecule has 0 saturated carbocycles. The Labute approximate surface area is 133 Å². The second kappa shape index (κ2) is 4.98. The number of thiophene rings is 1. The summed E-state index contributed by atoms with van der Waals surface area (Å²) in [5.41, 5.74) is 2.58. The minimum absolute atomic E-state index is 0.138. The first-order valence-corrected chi connectivity index (χ1v) is 7.84. The van der Waals surface area contributed by atoms with E-state index in [4.69, 9.17) is 11.6 Å². The van der Waals surface area contributed by atoms with Gasteiger partial charge in [-0.1, -0.05) is 11.6 Å². The quantitative estimate of drug-likeness (QED) is 0.763. The number of rotatable bonds is 2. The first-order valence-electron chi connectivity index (χ1n) is 5.86. The lowest BCUT2D eigenvalue weighted by atomic mass is 9.92. The maximum Gasteiger partial charge on any atom is 0.203 e. The minimum atomic E-state index is -0.206. The highest BCUT2D eigenvalue weighted by Crippen LogP contribution is 2.37. The molecule has 1 aliphatic carbocycles. The lowest BCUT2D eigenvalue weighted by molar-refractivity contribution is 0.103. The minimum Gasteiger partial charge on any atom is -0.506 e. The van der Waals surface area contributed by atoms with E-state index in [1.165, 1.54) is 11.3 Å². The summed E-state index contributed by atoms with van der Waals surface area (Å²) in [5, 5.41) is 10.4. The molecule has 1 aliphatic heterocycles. The number of halogens is 2. The van der Waals surface area contributed by atoms with Crippen LogP contribution in [0.5, 0.6) is 0 Å². The van der Waals surface area contributed by atoms with Crippen LogP contribution in [0.25, 0.3) is 0 Å². The maximum atomic E-state index is 12.5. The van der Waals surface area contributed by atoms with Crippen LogP contribution in [-0.2, 0) is 0 Å². The van der Waals surface area contributed by atoms with E-state index in [0.29, 0.717) is 22.4 Å². The highest BCUT2D eigenvalue weighted by Gasteiger charge is 2.31. The molecule has 6 heteroatoms. The number of aliphatic hydroxyl groups excluding tert-OH is 1. The molecule has 1 aromatic rings. The molecule has 0 atom stereocenters. The van der Waals surface area contributed by atoms with Gasteiger partial charge in [0.25, 0.3) is 0 Å². The van der Waals surface area contributed by atoms with Crippen LogP contribution in [0.15, 0.2) is 54.6 Å². The lowest BCUT2D eigenvalue weighted by Gasteiger charge is -2.16. The molecule has 2 heterocycles. The number of fused-ring (bicyclic) bond motifs is 1. The van der Waals surface area contributed by atoms with Gasteiger partial charge >= 0.3 is 0 Å². The third kappa shape index (κ3) is 2.20. The van der Waals surface area contributed by atoms with Crippen molar-refractivity contribution >= 4 is 50.4 Å². The van der Waals surface area contributed by atoms with Crippen LogP contribution in [0.1, 0.15) is 23.0 Å². The van der Waals surface area contributed by atoms with Crippen molar-refractivity contribution in [1.29, 1.82) is 0 Å². The molecule has 0 aromatic carbocycles. The Bertz CT molecular complexity index is 755. The van der Waals surface area contributed by atoms with Gasteiger partial charge in [0.2, 0.25) is 5.78 Å². The van der Waals surface area contributed by atoms with E-state index in [2.05, 4.69) is 20.9 Å². The molecule has 102 valence electrons. The van der Waals surface area contributed by atoms with Gasteiger partial charge in [-0.05, 0) is 41.1 Å². The van der Waals surface area contributed by atoms with Crippen molar-refractivity contribution in [2.24, 2.45) is 4.99 Å². The standard InChI is InChI=1S/C14H9BrClNO2S/c1-6-4-7-9(17-6)5-8(14(19)12(7)16)13(18)10-2-3-11(15)20-10/h2-4,19H,5H2,1H3. The van der Waals surface area contributed by atoms with Crippen molar-refractivity contribution in [2.45, 2.75) is 13.3 Å². The predicted molar refractivity (Wildman–Crippen MR) is 84.7 cm³/mol. The van der Waals surface area contributed by atoms with Crippen LogP contribution < -0.4 is 0 Å². The zero-order valence-corrected chi connectivity index (χ0v) is 13.6. The predicted octanol–water partition coefficient (Wildman–Crippen LogP) is 4.76. The van der Waals surface area contributed by atoms with Crippen LogP contribution in [0.3, 0.4) is 0 Å². The molecule has 1 aromatic heterocycles. The number of ketones is 1. The zero-order valence-electron chi connectivity index (χ0n) is 10.4. The zero-order chi connectivity index (χ0) is 14.4. The molecule has 20 heavy (non-hydrogen) atoms. The number of aliphatic hydroxyl groups is 1. The Hall–Kier alpha value is -1.17. The summed E-state index contributed by atoms with van der Waals surface area (Å²) in [5.74, 6) is -0.344. The molecule has 0 unspecified atom stereocenters. The van der Waals surface area contributed by atoms with Gasteiger partial charge < -0.3 is 5.11 Å². The molecule has 3 rings (SSSR count). The van der Waals surface area contributed by atoms with Gasteiger partial charge in [0.1, 0.15) is 5.76 Å². The highest BCUT2D eigenvalue weighted by atomic mass is 79.9. The van der Waals surface area contributed by atoms with Crippen molar-refractivity contribution in [2.75, 3.05) is 0 Å². The van der Waals surface area contributed by atoms with E-state index in [1.54, 1.807) is 12.1 Å². The average Bonchev–Trinajstić information content (AvgIpc) is 2.99. The van der Waals surface area contributed by atoms with Gasteiger partial charge in [-0.2, -0.15) is 0 Å². The first kappa shape index (κ1) is 13.8. The monoisotopic (exact) mass is 369 g/mol. The third-order valence-corrected chi connectivity index (χ3v) is 5.13. The first-order chi connectivity index (χ1) is 9.47. The van der Waals surface area contributed by atoms with Crippen LogP contribution >= 0.6 is 38.9 Å². The number of hydrogen-bond acceptors (Lipinski definition) is 4. The van der Waals surface area contributed by atoms with Crippen LogP contribution in [-0.4, -0.2) is 16.6 Å². The second-order valence-corrected chi connectivity index (χ2v) is 7.35. The molecule has 2 aliphatic rings. The van der Waals surface area contributed by atoms with Crippen molar-refractivity contribution in [3.8, 4) is 0 Å². The van der Waals surface area contributed by atoms with Crippen molar-refractivity contribution < 1.29 is 9.90 Å². The Morgan fingerprint density at radius 2 is 2.25 bits per heavy atom. The Morgan fingerprint density at radius 1 is 1.50 bits per heavy atom. The van der Waals surface area contributed by atoms with Crippen molar-refractivity contribution in [3.05, 3.63) is 54.5 Å². The van der Waals surface area contributed by atoms with Gasteiger partial charge in [0, 0.05) is 17.7 Å². The molecule has 0 spiro atoms. The third-order valence-electron chi connectivity index (χ3n) is 3.12. The molecule has 0 fully saturated rings. The smallest absolute Gasteiger partial charge is 0.203 e. The highest BCUT2D eigenvalue weighted by molar-refractivity contribution is 9.11. The van der Waals surface area contributed by atoms with Gasteiger partial charge in [0.15, 0.2) is 0 Å². The number of nitrogens with zero attached hydrogens (tertiary/aromatic N) is 1.